The Hall–Kier alpha value is -2.50. The number of hydrogen-bond donors (Lipinski definition) is 3. The van der Waals surface area contributed by atoms with Crippen LogP contribution in [0.25, 0.3) is 22.6 Å². The number of aliphatic hydroxyl groups excluding tert-OH is 1. The van der Waals surface area contributed by atoms with Crippen LogP contribution in [0, 0.1) is 6.92 Å². The molecular formula is C20H24N4O. The molecule has 0 aliphatic heterocycles. The van der Waals surface area contributed by atoms with Crippen molar-refractivity contribution in [1.82, 2.24) is 20.3 Å². The predicted molar refractivity (Wildman–Crippen MR) is 100.0 cm³/mol. The highest BCUT2D eigenvalue weighted by molar-refractivity contribution is 5.76. The van der Waals surface area contributed by atoms with E-state index >= 15 is 0 Å². The third kappa shape index (κ3) is 4.32. The summed E-state index contributed by atoms with van der Waals surface area (Å²) in [5, 5.41) is 12.4. The number of imidazole rings is 1. The van der Waals surface area contributed by atoms with Crippen molar-refractivity contribution >= 4 is 0 Å². The number of aryl methyl sites for hydroxylation is 1. The van der Waals surface area contributed by atoms with E-state index in [2.05, 4.69) is 53.4 Å². The van der Waals surface area contributed by atoms with E-state index in [1.807, 2.05) is 18.2 Å². The van der Waals surface area contributed by atoms with Gasteiger partial charge in [-0.05, 0) is 32.4 Å². The van der Waals surface area contributed by atoms with Gasteiger partial charge in [0.15, 0.2) is 0 Å². The summed E-state index contributed by atoms with van der Waals surface area (Å²) in [7, 11) is 0. The summed E-state index contributed by atoms with van der Waals surface area (Å²) in [5.74, 6) is 0.862. The zero-order chi connectivity index (χ0) is 17.6. The Kier molecular flexibility index (Phi) is 5.58. The van der Waals surface area contributed by atoms with Crippen molar-refractivity contribution in [1.29, 1.82) is 0 Å². The predicted octanol–water partition coefficient (Wildman–Crippen LogP) is 3.31. The lowest BCUT2D eigenvalue weighted by Crippen LogP contribution is -2.26. The molecule has 2 heterocycles. The van der Waals surface area contributed by atoms with Crippen LogP contribution in [-0.2, 0) is 6.54 Å². The minimum absolute atomic E-state index is 0.181. The number of pyridine rings is 1. The smallest absolute Gasteiger partial charge is 0.121 e. The summed E-state index contributed by atoms with van der Waals surface area (Å²) in [6.07, 6.45) is 2.51. The van der Waals surface area contributed by atoms with E-state index < -0.39 is 0 Å². The maximum atomic E-state index is 9.03. The van der Waals surface area contributed by atoms with E-state index in [4.69, 9.17) is 10.1 Å². The fraction of sp³-hybridized carbons (Fsp3) is 0.300. The fourth-order valence-electron chi connectivity index (χ4n) is 2.69. The van der Waals surface area contributed by atoms with Crippen molar-refractivity contribution in [3.05, 3.63) is 60.0 Å². The number of benzene rings is 1. The van der Waals surface area contributed by atoms with Crippen LogP contribution >= 0.6 is 0 Å². The third-order valence-corrected chi connectivity index (χ3v) is 4.18. The molecule has 1 atom stereocenters. The van der Waals surface area contributed by atoms with Gasteiger partial charge in [-0.1, -0.05) is 35.9 Å². The van der Waals surface area contributed by atoms with E-state index in [0.29, 0.717) is 6.54 Å². The summed E-state index contributed by atoms with van der Waals surface area (Å²) >= 11 is 0. The Labute approximate surface area is 148 Å². The number of nitrogens with zero attached hydrogens (tertiary/aromatic N) is 2. The van der Waals surface area contributed by atoms with Crippen molar-refractivity contribution in [2.75, 3.05) is 6.61 Å². The van der Waals surface area contributed by atoms with Gasteiger partial charge in [0, 0.05) is 24.4 Å². The van der Waals surface area contributed by atoms with Crippen LogP contribution in [-0.4, -0.2) is 32.7 Å². The Morgan fingerprint density at radius 3 is 2.64 bits per heavy atom. The maximum absolute atomic E-state index is 9.03. The van der Waals surface area contributed by atoms with Crippen LogP contribution in [0.15, 0.2) is 48.7 Å². The molecule has 0 bridgehead atoms. The molecule has 5 nitrogen and oxygen atoms in total. The highest BCUT2D eigenvalue weighted by Crippen LogP contribution is 2.29. The number of nitrogens with one attached hydrogen (secondary N) is 2. The normalized spacial score (nSPS) is 12.3. The van der Waals surface area contributed by atoms with Crippen LogP contribution in [0.1, 0.15) is 24.7 Å². The van der Waals surface area contributed by atoms with Crippen molar-refractivity contribution in [3.8, 4) is 22.6 Å². The Morgan fingerprint density at radius 1 is 1.16 bits per heavy atom. The van der Waals surface area contributed by atoms with Crippen molar-refractivity contribution < 1.29 is 5.11 Å². The summed E-state index contributed by atoms with van der Waals surface area (Å²) in [5.41, 5.74) is 5.00. The zero-order valence-corrected chi connectivity index (χ0v) is 14.7. The van der Waals surface area contributed by atoms with Gasteiger partial charge in [0.25, 0.3) is 0 Å². The number of aromatic amines is 1. The molecular weight excluding hydrogens is 312 g/mol. The molecule has 0 aliphatic rings. The van der Waals surface area contributed by atoms with Gasteiger partial charge in [0.1, 0.15) is 5.82 Å². The van der Waals surface area contributed by atoms with Crippen LogP contribution < -0.4 is 5.32 Å². The van der Waals surface area contributed by atoms with Crippen LogP contribution in [0.3, 0.4) is 0 Å². The summed E-state index contributed by atoms with van der Waals surface area (Å²) < 4.78 is 0. The Morgan fingerprint density at radius 2 is 1.96 bits per heavy atom. The molecule has 130 valence electrons. The lowest BCUT2D eigenvalue weighted by Gasteiger charge is -2.10. The Balaban J connectivity index is 1.93. The molecule has 1 aromatic carbocycles. The largest absolute Gasteiger partial charge is 0.396 e. The molecule has 2 aromatic heterocycles. The quantitative estimate of drug-likeness (QED) is 0.619. The van der Waals surface area contributed by atoms with Crippen LogP contribution in [0.4, 0.5) is 0 Å². The second-order valence-electron chi connectivity index (χ2n) is 6.28. The molecule has 3 rings (SSSR count). The van der Waals surface area contributed by atoms with Gasteiger partial charge in [-0.15, -0.1) is 0 Å². The fourth-order valence-corrected chi connectivity index (χ4v) is 2.69. The number of aromatic nitrogens is 3. The Bertz CT molecular complexity index is 796. The van der Waals surface area contributed by atoms with Crippen molar-refractivity contribution in [2.24, 2.45) is 0 Å². The molecule has 0 radical (unpaired) electrons. The number of H-pyrrole nitrogens is 1. The minimum Gasteiger partial charge on any atom is -0.396 e. The average Bonchev–Trinajstić information content (AvgIpc) is 3.06. The van der Waals surface area contributed by atoms with Gasteiger partial charge in [0.2, 0.25) is 0 Å². The van der Waals surface area contributed by atoms with E-state index in [0.717, 1.165) is 34.9 Å². The number of rotatable bonds is 7. The topological polar surface area (TPSA) is 73.8 Å². The molecule has 0 saturated carbocycles. The second-order valence-corrected chi connectivity index (χ2v) is 6.28. The molecule has 0 saturated heterocycles. The highest BCUT2D eigenvalue weighted by Gasteiger charge is 2.15. The van der Waals surface area contributed by atoms with E-state index in [-0.39, 0.29) is 12.6 Å². The monoisotopic (exact) mass is 336 g/mol. The van der Waals surface area contributed by atoms with Gasteiger partial charge < -0.3 is 15.4 Å². The molecule has 0 unspecified atom stereocenters. The third-order valence-electron chi connectivity index (χ3n) is 4.18. The van der Waals surface area contributed by atoms with Gasteiger partial charge in [-0.25, -0.2) is 4.98 Å². The first-order chi connectivity index (χ1) is 12.2. The first kappa shape index (κ1) is 17.3. The van der Waals surface area contributed by atoms with E-state index in [9.17, 15) is 0 Å². The number of hydrogen-bond acceptors (Lipinski definition) is 4. The van der Waals surface area contributed by atoms with Crippen molar-refractivity contribution in [3.63, 3.8) is 0 Å². The SMILES string of the molecule is Cc1ccc(-c2nc(CN[C@H](C)CCO)[nH]c2-c2ccccn2)cc1. The highest BCUT2D eigenvalue weighted by atomic mass is 16.3. The maximum Gasteiger partial charge on any atom is 0.121 e. The zero-order valence-electron chi connectivity index (χ0n) is 14.7. The summed E-state index contributed by atoms with van der Waals surface area (Å²) in [6, 6.07) is 14.5. The number of aliphatic hydroxyl groups is 1. The van der Waals surface area contributed by atoms with Crippen molar-refractivity contribution in [2.45, 2.75) is 32.9 Å². The van der Waals surface area contributed by atoms with Gasteiger partial charge in [-0.3, -0.25) is 4.98 Å². The molecule has 0 fully saturated rings. The van der Waals surface area contributed by atoms with Gasteiger partial charge in [0.05, 0.1) is 23.6 Å². The standard InChI is InChI=1S/C20H24N4O/c1-14-6-8-16(9-7-14)19-20(17-5-3-4-11-21-17)24-18(23-19)13-22-15(2)10-12-25/h3-9,11,15,22,25H,10,12-13H2,1-2H3,(H,23,24)/t15-/m1/s1. The first-order valence-corrected chi connectivity index (χ1v) is 8.59. The second kappa shape index (κ2) is 8.05. The molecule has 3 aromatic rings. The summed E-state index contributed by atoms with van der Waals surface area (Å²) in [4.78, 5) is 12.7. The van der Waals surface area contributed by atoms with Gasteiger partial charge in [-0.2, -0.15) is 0 Å². The molecule has 0 amide bonds. The first-order valence-electron chi connectivity index (χ1n) is 8.59. The lowest BCUT2D eigenvalue weighted by molar-refractivity contribution is 0.268. The van der Waals surface area contributed by atoms with E-state index in [1.54, 1.807) is 6.20 Å². The molecule has 0 aliphatic carbocycles. The summed E-state index contributed by atoms with van der Waals surface area (Å²) in [6.45, 7) is 4.93. The van der Waals surface area contributed by atoms with E-state index in [1.165, 1.54) is 5.56 Å². The molecule has 3 N–H and O–H groups in total. The van der Waals surface area contributed by atoms with Crippen LogP contribution in [0.5, 0.6) is 0 Å². The molecule has 5 heteroatoms. The minimum atomic E-state index is 0.181. The average molecular weight is 336 g/mol. The lowest BCUT2D eigenvalue weighted by atomic mass is 10.1. The van der Waals surface area contributed by atoms with Crippen LogP contribution in [0.2, 0.25) is 0 Å². The molecule has 0 spiro atoms. The molecule has 25 heavy (non-hydrogen) atoms. The van der Waals surface area contributed by atoms with Gasteiger partial charge >= 0.3 is 0 Å².